The van der Waals surface area contributed by atoms with Gasteiger partial charge >= 0.3 is 0 Å². The van der Waals surface area contributed by atoms with Crippen LogP contribution in [0, 0.1) is 0 Å². The number of ether oxygens (including phenoxy) is 1. The third-order valence-corrected chi connectivity index (χ3v) is 3.64. The quantitative estimate of drug-likeness (QED) is 0.735. The molecule has 0 amide bonds. The molecule has 0 radical (unpaired) electrons. The first-order chi connectivity index (χ1) is 10.7. The number of hydrogen-bond donors (Lipinski definition) is 1. The minimum atomic E-state index is -0.301. The predicted molar refractivity (Wildman–Crippen MR) is 84.6 cm³/mol. The summed E-state index contributed by atoms with van der Waals surface area (Å²) in [5, 5.41) is 10.3. The average Bonchev–Trinajstić information content (AvgIpc) is 2.85. The van der Waals surface area contributed by atoms with Gasteiger partial charge in [0.25, 0.3) is 0 Å². The van der Waals surface area contributed by atoms with Gasteiger partial charge in [0.15, 0.2) is 0 Å². The second-order valence-corrected chi connectivity index (χ2v) is 5.53. The molecule has 3 aromatic rings. The molecular weight excluding hydrogens is 302 g/mol. The fraction of sp³-hybridized carbons (Fsp3) is 0.250. The molecule has 2 aromatic heterocycles. The molecule has 0 unspecified atom stereocenters. The zero-order valence-corrected chi connectivity index (χ0v) is 12.9. The molecule has 0 aliphatic rings. The van der Waals surface area contributed by atoms with Crippen LogP contribution in [-0.4, -0.2) is 26.4 Å². The van der Waals surface area contributed by atoms with Crippen LogP contribution in [0.5, 0.6) is 0 Å². The fourth-order valence-electron chi connectivity index (χ4n) is 2.40. The van der Waals surface area contributed by atoms with Crippen LogP contribution in [0.2, 0.25) is 5.02 Å². The Balaban J connectivity index is 1.84. The molecule has 6 heteroatoms. The summed E-state index contributed by atoms with van der Waals surface area (Å²) in [6.07, 6.45) is 4.26. The minimum absolute atomic E-state index is 0.301. The molecule has 0 saturated carbocycles. The first-order valence-corrected chi connectivity index (χ1v) is 7.27. The van der Waals surface area contributed by atoms with E-state index >= 15 is 0 Å². The lowest BCUT2D eigenvalue weighted by atomic mass is 10.1. The number of benzene rings is 1. The van der Waals surface area contributed by atoms with Crippen LogP contribution in [-0.2, 0) is 24.8 Å². The van der Waals surface area contributed by atoms with E-state index in [0.29, 0.717) is 18.1 Å². The van der Waals surface area contributed by atoms with Crippen molar-refractivity contribution in [1.82, 2.24) is 14.5 Å². The lowest BCUT2D eigenvalue weighted by molar-refractivity contribution is -0.0124. The van der Waals surface area contributed by atoms with Gasteiger partial charge in [0.2, 0.25) is 0 Å². The van der Waals surface area contributed by atoms with E-state index in [-0.39, 0.29) is 6.79 Å². The van der Waals surface area contributed by atoms with Gasteiger partial charge in [-0.25, -0.2) is 4.98 Å². The number of hydrogen-bond acceptors (Lipinski definition) is 4. The van der Waals surface area contributed by atoms with Crippen molar-refractivity contribution in [3.63, 3.8) is 0 Å². The van der Waals surface area contributed by atoms with Crippen molar-refractivity contribution in [2.45, 2.75) is 13.0 Å². The van der Waals surface area contributed by atoms with Gasteiger partial charge in [-0.05, 0) is 23.8 Å². The molecule has 0 aliphatic heterocycles. The number of fused-ring (bicyclic) bond motifs is 1. The van der Waals surface area contributed by atoms with Crippen molar-refractivity contribution in [1.29, 1.82) is 0 Å². The Kier molecular flexibility index (Phi) is 4.38. The van der Waals surface area contributed by atoms with Gasteiger partial charge in [-0.2, -0.15) is 0 Å². The summed E-state index contributed by atoms with van der Waals surface area (Å²) in [5.74, 6) is 0.936. The van der Waals surface area contributed by atoms with Crippen molar-refractivity contribution >= 4 is 22.5 Å². The summed E-state index contributed by atoms with van der Waals surface area (Å²) in [5.41, 5.74) is 2.86. The Bertz CT molecular complexity index is 801. The van der Waals surface area contributed by atoms with Gasteiger partial charge < -0.3 is 14.4 Å². The largest absolute Gasteiger partial charge is 0.371 e. The number of aliphatic hydroxyl groups excluding tert-OH is 1. The van der Waals surface area contributed by atoms with Crippen LogP contribution in [0.25, 0.3) is 10.9 Å². The number of rotatable bonds is 5. The zero-order chi connectivity index (χ0) is 15.5. The van der Waals surface area contributed by atoms with Gasteiger partial charge in [-0.3, -0.25) is 4.98 Å². The van der Waals surface area contributed by atoms with E-state index in [2.05, 4.69) is 16.0 Å². The van der Waals surface area contributed by atoms with Gasteiger partial charge in [-0.1, -0.05) is 17.7 Å². The van der Waals surface area contributed by atoms with Crippen LogP contribution < -0.4 is 0 Å². The SMILES string of the molecule is Cn1cc(COCO)nc1Cc1ccc2ncc(Cl)cc2c1. The van der Waals surface area contributed by atoms with Crippen molar-refractivity contribution < 1.29 is 9.84 Å². The highest BCUT2D eigenvalue weighted by atomic mass is 35.5. The topological polar surface area (TPSA) is 60.2 Å². The van der Waals surface area contributed by atoms with Crippen molar-refractivity contribution in [3.05, 3.63) is 58.8 Å². The van der Waals surface area contributed by atoms with Crippen LogP contribution in [0.15, 0.2) is 36.7 Å². The third kappa shape index (κ3) is 3.27. The molecule has 2 heterocycles. The molecule has 0 spiro atoms. The van der Waals surface area contributed by atoms with E-state index in [0.717, 1.165) is 28.0 Å². The summed E-state index contributed by atoms with van der Waals surface area (Å²) >= 11 is 5.99. The highest BCUT2D eigenvalue weighted by Crippen LogP contribution is 2.19. The van der Waals surface area contributed by atoms with Gasteiger partial charge in [0.05, 0.1) is 22.8 Å². The molecule has 3 rings (SSSR count). The summed E-state index contributed by atoms with van der Waals surface area (Å²) in [7, 11) is 1.95. The first kappa shape index (κ1) is 15.0. The molecule has 0 fully saturated rings. The summed E-state index contributed by atoms with van der Waals surface area (Å²) in [4.78, 5) is 8.82. The second-order valence-electron chi connectivity index (χ2n) is 5.09. The summed E-state index contributed by atoms with van der Waals surface area (Å²) < 4.78 is 6.93. The van der Waals surface area contributed by atoms with E-state index < -0.39 is 0 Å². The minimum Gasteiger partial charge on any atom is -0.371 e. The number of aliphatic hydroxyl groups is 1. The highest BCUT2D eigenvalue weighted by Gasteiger charge is 2.07. The lowest BCUT2D eigenvalue weighted by Gasteiger charge is -2.04. The second kappa shape index (κ2) is 6.44. The number of aryl methyl sites for hydroxylation is 1. The Morgan fingerprint density at radius 3 is 3.00 bits per heavy atom. The normalized spacial score (nSPS) is 11.2. The predicted octanol–water partition coefficient (Wildman–Crippen LogP) is 2.68. The fourth-order valence-corrected chi connectivity index (χ4v) is 2.57. The third-order valence-electron chi connectivity index (χ3n) is 3.44. The first-order valence-electron chi connectivity index (χ1n) is 6.89. The number of pyridine rings is 1. The molecule has 114 valence electrons. The van der Waals surface area contributed by atoms with E-state index in [1.807, 2.05) is 36.0 Å². The van der Waals surface area contributed by atoms with E-state index in [1.165, 1.54) is 0 Å². The number of aromatic nitrogens is 3. The molecule has 0 atom stereocenters. The van der Waals surface area contributed by atoms with Gasteiger partial charge in [0, 0.05) is 31.2 Å². The average molecular weight is 318 g/mol. The molecule has 0 saturated heterocycles. The summed E-state index contributed by atoms with van der Waals surface area (Å²) in [6, 6.07) is 8.01. The molecule has 1 aromatic carbocycles. The lowest BCUT2D eigenvalue weighted by Crippen LogP contribution is -1.98. The number of imidazole rings is 1. The van der Waals surface area contributed by atoms with Crippen LogP contribution in [0.1, 0.15) is 17.1 Å². The zero-order valence-electron chi connectivity index (χ0n) is 12.2. The van der Waals surface area contributed by atoms with Crippen LogP contribution in [0.3, 0.4) is 0 Å². The molecule has 22 heavy (non-hydrogen) atoms. The molecule has 0 aliphatic carbocycles. The number of halogens is 1. The van der Waals surface area contributed by atoms with Gasteiger partial charge in [-0.15, -0.1) is 0 Å². The smallest absolute Gasteiger partial charge is 0.144 e. The summed E-state index contributed by atoms with van der Waals surface area (Å²) in [6.45, 7) is 0.00588. The molecule has 5 nitrogen and oxygen atoms in total. The van der Waals surface area contributed by atoms with E-state index in [4.69, 9.17) is 21.4 Å². The maximum Gasteiger partial charge on any atom is 0.144 e. The van der Waals surface area contributed by atoms with E-state index in [1.54, 1.807) is 6.20 Å². The Labute approximate surface area is 133 Å². The standard InChI is InChI=1S/C16H16ClN3O2/c1-20-8-14(9-22-10-21)19-16(20)5-11-2-3-15-12(4-11)6-13(17)7-18-15/h2-4,6-8,21H,5,9-10H2,1H3. The maximum atomic E-state index is 8.69. The van der Waals surface area contributed by atoms with Crippen LogP contribution in [0.4, 0.5) is 0 Å². The Morgan fingerprint density at radius 1 is 1.32 bits per heavy atom. The maximum absolute atomic E-state index is 8.69. The Hall–Kier alpha value is -1.95. The highest BCUT2D eigenvalue weighted by molar-refractivity contribution is 6.31. The van der Waals surface area contributed by atoms with Crippen molar-refractivity contribution in [3.8, 4) is 0 Å². The molecular formula is C16H16ClN3O2. The van der Waals surface area contributed by atoms with Crippen molar-refractivity contribution in [2.24, 2.45) is 7.05 Å². The van der Waals surface area contributed by atoms with Crippen molar-refractivity contribution in [2.75, 3.05) is 6.79 Å². The Morgan fingerprint density at radius 2 is 2.18 bits per heavy atom. The van der Waals surface area contributed by atoms with Gasteiger partial charge in [0.1, 0.15) is 12.6 Å². The van der Waals surface area contributed by atoms with E-state index in [9.17, 15) is 0 Å². The monoisotopic (exact) mass is 317 g/mol. The number of nitrogens with zero attached hydrogens (tertiary/aromatic N) is 3. The molecule has 0 bridgehead atoms. The molecule has 1 N–H and O–H groups in total. The van der Waals surface area contributed by atoms with Crippen LogP contribution >= 0.6 is 11.6 Å².